The van der Waals surface area contributed by atoms with Gasteiger partial charge in [0.2, 0.25) is 0 Å². The van der Waals surface area contributed by atoms with Gasteiger partial charge in [0, 0.05) is 0 Å². The van der Waals surface area contributed by atoms with Gasteiger partial charge in [-0.05, 0) is 0 Å². The number of rotatable bonds is 4. The maximum Gasteiger partial charge on any atom is 0.416 e. The van der Waals surface area contributed by atoms with Crippen LogP contribution in [0.4, 0.5) is 0 Å². The molecule has 0 saturated carbocycles. The molecule has 0 unspecified atom stereocenters. The molecule has 0 aromatic rings. The molecule has 4 atom stereocenters. The molecule has 0 amide bonds. The lowest BCUT2D eigenvalue weighted by Gasteiger charge is -2.14. The van der Waals surface area contributed by atoms with Gasteiger partial charge in [-0.1, -0.05) is 0 Å². The van der Waals surface area contributed by atoms with E-state index in [1.807, 2.05) is 0 Å². The van der Waals surface area contributed by atoms with Crippen molar-refractivity contribution in [2.24, 2.45) is 0 Å². The predicted octanol–water partition coefficient (Wildman–Crippen LogP) is -2.41. The highest BCUT2D eigenvalue weighted by Gasteiger charge is 2.49. The Morgan fingerprint density at radius 3 is 2.28 bits per heavy atom. The van der Waals surface area contributed by atoms with E-state index in [9.17, 15) is 21.9 Å². The zero-order valence-electron chi connectivity index (χ0n) is 8.70. The average molecular weight is 306 g/mol. The van der Waals surface area contributed by atoms with Crippen molar-refractivity contribution in [1.29, 1.82) is 0 Å². The summed E-state index contributed by atoms with van der Waals surface area (Å²) in [5.74, 6) is 0. The van der Waals surface area contributed by atoms with E-state index in [4.69, 9.17) is 14.0 Å². The molecule has 106 valence electrons. The van der Waals surface area contributed by atoms with Crippen molar-refractivity contribution in [3.63, 3.8) is 0 Å². The first-order valence-corrected chi connectivity index (χ1v) is 7.41. The molecule has 10 nitrogen and oxygen atoms in total. The second kappa shape index (κ2) is 4.64. The van der Waals surface area contributed by atoms with Crippen LogP contribution >= 0.6 is 0 Å². The van der Waals surface area contributed by atoms with Gasteiger partial charge in [-0.15, -0.1) is 3.63 Å². The largest absolute Gasteiger partial charge is 0.416 e. The molecule has 0 spiro atoms. The monoisotopic (exact) mass is 306 g/mol. The van der Waals surface area contributed by atoms with Crippen LogP contribution in [-0.2, 0) is 38.1 Å². The lowest BCUT2D eigenvalue weighted by molar-refractivity contribution is 0.00810. The molecule has 2 heterocycles. The minimum absolute atomic E-state index is 0.0472. The van der Waals surface area contributed by atoms with Gasteiger partial charge < -0.3 is 14.6 Å². The summed E-state index contributed by atoms with van der Waals surface area (Å²) in [6.45, 7) is -0.269. The lowest BCUT2D eigenvalue weighted by atomic mass is 10.1. The van der Waals surface area contributed by atoms with E-state index in [0.717, 1.165) is 0 Å². The summed E-state index contributed by atoms with van der Waals surface area (Å²) in [5, 5.41) is 9.38. The second-order valence-electron chi connectivity index (χ2n) is 3.70. The van der Waals surface area contributed by atoms with Gasteiger partial charge in [0.05, 0.1) is 13.2 Å². The molecule has 2 fully saturated rings. The van der Waals surface area contributed by atoms with E-state index < -0.39 is 45.2 Å². The van der Waals surface area contributed by atoms with E-state index >= 15 is 0 Å². The van der Waals surface area contributed by atoms with Gasteiger partial charge >= 0.3 is 20.8 Å². The number of ether oxygens (including phenoxy) is 2. The standard InChI is InChI=1S/C6H10O10S2/c7-3-1-13-6-4(2-14-5(3)6)15-18(11,12)16-17(8,9)10/h3-7H,1-2H2,(H,8,9,10)/t3-,4+,5+,6+/m0/s1. The SMILES string of the molecule is O=S(=O)(O)OS(=O)(=O)O[C@@H]1CO[C@H]2[C@@H]1OC[C@@H]2O. The second-order valence-corrected chi connectivity index (χ2v) is 6.11. The molecule has 2 rings (SSSR count). The van der Waals surface area contributed by atoms with Gasteiger partial charge in [0.15, 0.2) is 0 Å². The molecular weight excluding hydrogens is 296 g/mol. The Labute approximate surface area is 103 Å². The summed E-state index contributed by atoms with van der Waals surface area (Å²) in [5.41, 5.74) is 0. The summed E-state index contributed by atoms with van der Waals surface area (Å²) in [7, 11) is -10.2. The van der Waals surface area contributed by atoms with Crippen molar-refractivity contribution in [2.75, 3.05) is 13.2 Å². The van der Waals surface area contributed by atoms with E-state index in [1.165, 1.54) is 0 Å². The van der Waals surface area contributed by atoms with Crippen LogP contribution in [0.2, 0.25) is 0 Å². The van der Waals surface area contributed by atoms with Crippen LogP contribution in [0.5, 0.6) is 0 Å². The number of aliphatic hydroxyl groups is 1. The fourth-order valence-electron chi connectivity index (χ4n) is 1.80. The van der Waals surface area contributed by atoms with Crippen LogP contribution in [0.1, 0.15) is 0 Å². The summed E-state index contributed by atoms with van der Waals surface area (Å²) in [6, 6.07) is 0. The molecule has 2 aliphatic heterocycles. The molecule has 2 N–H and O–H groups in total. The zero-order valence-corrected chi connectivity index (χ0v) is 10.3. The quantitative estimate of drug-likeness (QED) is 0.538. The molecule has 0 bridgehead atoms. The highest BCUT2D eigenvalue weighted by Crippen LogP contribution is 2.29. The summed E-state index contributed by atoms with van der Waals surface area (Å²) < 4.78 is 68.9. The van der Waals surface area contributed by atoms with Crippen LogP contribution < -0.4 is 0 Å². The first-order chi connectivity index (χ1) is 8.18. The van der Waals surface area contributed by atoms with Crippen molar-refractivity contribution in [3.05, 3.63) is 0 Å². The van der Waals surface area contributed by atoms with Crippen LogP contribution in [0, 0.1) is 0 Å². The van der Waals surface area contributed by atoms with Crippen LogP contribution in [-0.4, -0.2) is 64.1 Å². The van der Waals surface area contributed by atoms with Gasteiger partial charge in [0.1, 0.15) is 24.4 Å². The Morgan fingerprint density at radius 1 is 1.06 bits per heavy atom. The normalized spacial score (nSPS) is 36.8. The van der Waals surface area contributed by atoms with Gasteiger partial charge in [-0.2, -0.15) is 16.8 Å². The molecule has 18 heavy (non-hydrogen) atoms. The molecular formula is C6H10O10S2. The number of hydrogen-bond donors (Lipinski definition) is 2. The maximum absolute atomic E-state index is 11.1. The Hall–Kier alpha value is -0.340. The minimum Gasteiger partial charge on any atom is -0.388 e. The summed E-state index contributed by atoms with van der Waals surface area (Å²) in [4.78, 5) is 0. The Kier molecular flexibility index (Phi) is 3.63. The number of aliphatic hydroxyl groups excluding tert-OH is 1. The lowest BCUT2D eigenvalue weighted by Crippen LogP contribution is -2.35. The Balaban J connectivity index is 2.03. The molecule has 12 heteroatoms. The summed E-state index contributed by atoms with van der Waals surface area (Å²) in [6.07, 6.45) is -3.65. The molecule has 2 aliphatic rings. The maximum atomic E-state index is 11.1. The third-order valence-electron chi connectivity index (χ3n) is 2.39. The topological polar surface area (TPSA) is 146 Å². The highest BCUT2D eigenvalue weighted by molar-refractivity contribution is 7.94. The number of fused-ring (bicyclic) bond motifs is 1. The molecule has 0 aromatic carbocycles. The van der Waals surface area contributed by atoms with Crippen molar-refractivity contribution in [2.45, 2.75) is 24.4 Å². The highest BCUT2D eigenvalue weighted by atomic mass is 32.3. The smallest absolute Gasteiger partial charge is 0.388 e. The zero-order chi connectivity index (χ0) is 13.6. The van der Waals surface area contributed by atoms with E-state index in [1.54, 1.807) is 0 Å². The van der Waals surface area contributed by atoms with Crippen molar-refractivity contribution in [1.82, 2.24) is 0 Å². The van der Waals surface area contributed by atoms with E-state index in [0.29, 0.717) is 0 Å². The van der Waals surface area contributed by atoms with Crippen LogP contribution in [0.25, 0.3) is 0 Å². The fraction of sp³-hybridized carbons (Fsp3) is 1.00. The molecule has 0 aliphatic carbocycles. The average Bonchev–Trinajstić information content (AvgIpc) is 2.67. The Bertz CT molecular complexity index is 508. The van der Waals surface area contributed by atoms with E-state index in [-0.39, 0.29) is 13.2 Å². The first-order valence-electron chi connectivity index (χ1n) is 4.71. The molecule has 0 radical (unpaired) electrons. The minimum atomic E-state index is -5.20. The first kappa shape index (κ1) is 14.1. The van der Waals surface area contributed by atoms with Crippen LogP contribution in [0.15, 0.2) is 0 Å². The van der Waals surface area contributed by atoms with E-state index in [2.05, 4.69) is 7.81 Å². The third kappa shape index (κ3) is 3.16. The number of hydrogen-bond acceptors (Lipinski definition) is 9. The molecule has 2 saturated heterocycles. The van der Waals surface area contributed by atoms with Crippen molar-refractivity contribution < 1.29 is 43.8 Å². The van der Waals surface area contributed by atoms with Crippen molar-refractivity contribution in [3.8, 4) is 0 Å². The van der Waals surface area contributed by atoms with Crippen LogP contribution in [0.3, 0.4) is 0 Å². The van der Waals surface area contributed by atoms with Gasteiger partial charge in [0.25, 0.3) is 0 Å². The van der Waals surface area contributed by atoms with Gasteiger partial charge in [-0.3, -0.25) is 4.55 Å². The Morgan fingerprint density at radius 2 is 1.67 bits per heavy atom. The molecule has 0 aromatic heterocycles. The van der Waals surface area contributed by atoms with Crippen molar-refractivity contribution >= 4 is 20.8 Å². The third-order valence-corrected chi connectivity index (χ3v) is 4.23. The summed E-state index contributed by atoms with van der Waals surface area (Å²) >= 11 is 0. The fourth-order valence-corrected chi connectivity index (χ4v) is 3.24. The van der Waals surface area contributed by atoms with Gasteiger partial charge in [-0.25, -0.2) is 4.18 Å². The predicted molar refractivity (Wildman–Crippen MR) is 51.9 cm³/mol.